The lowest BCUT2D eigenvalue weighted by Gasteiger charge is -2.02. The minimum atomic E-state index is 0.520. The highest BCUT2D eigenvalue weighted by Gasteiger charge is 2.21. The van der Waals surface area contributed by atoms with Gasteiger partial charge in [-0.25, -0.2) is 0 Å². The minimum Gasteiger partial charge on any atom is -0.373 e. The average Bonchev–Trinajstić information content (AvgIpc) is 2.86. The van der Waals surface area contributed by atoms with E-state index in [1.54, 1.807) is 0 Å². The second kappa shape index (κ2) is 4.15. The SMILES string of the molecule is Clc1ccc(CC[C@@H]2CO2)c(I)c1. The molecular formula is C10H10ClIO. The van der Waals surface area contributed by atoms with E-state index in [0.29, 0.717) is 6.10 Å². The number of ether oxygens (including phenoxy) is 1. The van der Waals surface area contributed by atoms with Crippen LogP contribution in [0, 0.1) is 3.57 Å². The second-order valence-electron chi connectivity index (χ2n) is 3.23. The molecule has 1 heterocycles. The molecule has 70 valence electrons. The minimum absolute atomic E-state index is 0.520. The number of aryl methyl sites for hydroxylation is 1. The molecule has 0 aromatic heterocycles. The summed E-state index contributed by atoms with van der Waals surface area (Å²) in [6.07, 6.45) is 2.75. The van der Waals surface area contributed by atoms with Crippen molar-refractivity contribution >= 4 is 34.2 Å². The standard InChI is InChI=1S/C10H10ClIO/c11-8-3-1-7(10(12)5-8)2-4-9-6-13-9/h1,3,5,9H,2,4,6H2/t9-/m1/s1. The fraction of sp³-hybridized carbons (Fsp3) is 0.400. The normalized spacial score (nSPS) is 20.3. The van der Waals surface area contributed by atoms with Gasteiger partial charge in [0.15, 0.2) is 0 Å². The summed E-state index contributed by atoms with van der Waals surface area (Å²) >= 11 is 8.19. The molecule has 2 rings (SSSR count). The Balaban J connectivity index is 2.01. The van der Waals surface area contributed by atoms with Gasteiger partial charge in [0.1, 0.15) is 0 Å². The molecule has 0 amide bonds. The molecule has 0 saturated carbocycles. The molecule has 1 nitrogen and oxygen atoms in total. The van der Waals surface area contributed by atoms with Crippen LogP contribution < -0.4 is 0 Å². The molecule has 1 aromatic carbocycles. The second-order valence-corrected chi connectivity index (χ2v) is 4.83. The molecule has 0 unspecified atom stereocenters. The summed E-state index contributed by atoms with van der Waals surface area (Å²) in [6, 6.07) is 6.06. The number of hydrogen-bond acceptors (Lipinski definition) is 1. The van der Waals surface area contributed by atoms with Crippen molar-refractivity contribution in [1.29, 1.82) is 0 Å². The van der Waals surface area contributed by atoms with E-state index in [-0.39, 0.29) is 0 Å². The summed E-state index contributed by atoms with van der Waals surface area (Å²) in [7, 11) is 0. The number of rotatable bonds is 3. The predicted octanol–water partition coefficient (Wildman–Crippen LogP) is 3.28. The Hall–Kier alpha value is 0.200. The van der Waals surface area contributed by atoms with Crippen LogP contribution in [0.25, 0.3) is 0 Å². The third-order valence-electron chi connectivity index (χ3n) is 2.15. The van der Waals surface area contributed by atoms with Crippen LogP contribution in [-0.4, -0.2) is 12.7 Å². The van der Waals surface area contributed by atoms with Gasteiger partial charge in [-0.3, -0.25) is 0 Å². The van der Waals surface area contributed by atoms with Gasteiger partial charge >= 0.3 is 0 Å². The average molecular weight is 309 g/mol. The maximum Gasteiger partial charge on any atom is 0.0813 e. The van der Waals surface area contributed by atoms with Gasteiger partial charge in [0.25, 0.3) is 0 Å². The van der Waals surface area contributed by atoms with Crippen LogP contribution in [-0.2, 0) is 11.2 Å². The van der Waals surface area contributed by atoms with Gasteiger partial charge in [0.05, 0.1) is 12.7 Å². The van der Waals surface area contributed by atoms with E-state index >= 15 is 0 Å². The maximum absolute atomic E-state index is 5.86. The van der Waals surface area contributed by atoms with Crippen LogP contribution in [0.3, 0.4) is 0 Å². The van der Waals surface area contributed by atoms with Crippen molar-refractivity contribution in [3.8, 4) is 0 Å². The van der Waals surface area contributed by atoms with Crippen LogP contribution in [0.15, 0.2) is 18.2 Å². The van der Waals surface area contributed by atoms with Crippen molar-refractivity contribution in [2.75, 3.05) is 6.61 Å². The van der Waals surface area contributed by atoms with Crippen LogP contribution >= 0.6 is 34.2 Å². The molecule has 0 radical (unpaired) electrons. The third-order valence-corrected chi connectivity index (χ3v) is 3.39. The summed E-state index contributed by atoms with van der Waals surface area (Å²) in [5.74, 6) is 0. The lowest BCUT2D eigenvalue weighted by Crippen LogP contribution is -1.93. The van der Waals surface area contributed by atoms with E-state index in [1.165, 1.54) is 9.13 Å². The van der Waals surface area contributed by atoms with E-state index in [9.17, 15) is 0 Å². The van der Waals surface area contributed by atoms with Crippen molar-refractivity contribution in [3.63, 3.8) is 0 Å². The van der Waals surface area contributed by atoms with Gasteiger partial charge in [-0.05, 0) is 53.1 Å². The molecule has 0 spiro atoms. The highest BCUT2D eigenvalue weighted by atomic mass is 127. The summed E-state index contributed by atoms with van der Waals surface area (Å²) in [5, 5.41) is 0.816. The Labute approximate surface area is 96.6 Å². The molecule has 1 atom stereocenters. The summed E-state index contributed by atoms with van der Waals surface area (Å²) in [4.78, 5) is 0. The van der Waals surface area contributed by atoms with Gasteiger partial charge in [-0.1, -0.05) is 17.7 Å². The van der Waals surface area contributed by atoms with E-state index in [0.717, 1.165) is 24.5 Å². The zero-order valence-corrected chi connectivity index (χ0v) is 10.0. The molecule has 0 bridgehead atoms. The van der Waals surface area contributed by atoms with Crippen LogP contribution in [0.2, 0.25) is 5.02 Å². The molecular weight excluding hydrogens is 298 g/mol. The van der Waals surface area contributed by atoms with Crippen molar-refractivity contribution in [2.45, 2.75) is 18.9 Å². The molecule has 13 heavy (non-hydrogen) atoms. The fourth-order valence-corrected chi connectivity index (χ4v) is 2.42. The monoisotopic (exact) mass is 308 g/mol. The molecule has 0 aliphatic carbocycles. The summed E-state index contributed by atoms with van der Waals surface area (Å²) in [5.41, 5.74) is 1.38. The molecule has 1 aromatic rings. The Morgan fingerprint density at radius 2 is 2.31 bits per heavy atom. The molecule has 1 saturated heterocycles. The van der Waals surface area contributed by atoms with Crippen molar-refractivity contribution in [1.82, 2.24) is 0 Å². The number of epoxide rings is 1. The Morgan fingerprint density at radius 3 is 2.92 bits per heavy atom. The topological polar surface area (TPSA) is 12.5 Å². The number of halogens is 2. The van der Waals surface area contributed by atoms with Crippen LogP contribution in [0.4, 0.5) is 0 Å². The first-order valence-electron chi connectivity index (χ1n) is 4.31. The zero-order chi connectivity index (χ0) is 9.26. The van der Waals surface area contributed by atoms with Gasteiger partial charge in [-0.15, -0.1) is 0 Å². The lowest BCUT2D eigenvalue weighted by molar-refractivity contribution is 0.396. The Kier molecular flexibility index (Phi) is 3.11. The summed E-state index contributed by atoms with van der Waals surface area (Å²) < 4.78 is 6.42. The summed E-state index contributed by atoms with van der Waals surface area (Å²) in [6.45, 7) is 0.949. The number of benzene rings is 1. The largest absolute Gasteiger partial charge is 0.373 e. The van der Waals surface area contributed by atoms with Crippen LogP contribution in [0.5, 0.6) is 0 Å². The van der Waals surface area contributed by atoms with Crippen molar-refractivity contribution in [2.24, 2.45) is 0 Å². The molecule has 1 fully saturated rings. The molecule has 3 heteroatoms. The predicted molar refractivity (Wildman–Crippen MR) is 62.2 cm³/mol. The first-order valence-corrected chi connectivity index (χ1v) is 5.77. The van der Waals surface area contributed by atoms with E-state index in [2.05, 4.69) is 28.7 Å². The highest BCUT2D eigenvalue weighted by molar-refractivity contribution is 14.1. The fourth-order valence-electron chi connectivity index (χ4n) is 1.28. The van der Waals surface area contributed by atoms with E-state index in [1.807, 2.05) is 12.1 Å². The number of hydrogen-bond donors (Lipinski definition) is 0. The first kappa shape index (κ1) is 9.74. The van der Waals surface area contributed by atoms with Gasteiger partial charge in [-0.2, -0.15) is 0 Å². The Morgan fingerprint density at radius 1 is 1.54 bits per heavy atom. The van der Waals surface area contributed by atoms with Crippen molar-refractivity contribution in [3.05, 3.63) is 32.4 Å². The molecule has 0 N–H and O–H groups in total. The maximum atomic E-state index is 5.86. The zero-order valence-electron chi connectivity index (χ0n) is 7.09. The molecule has 1 aliphatic heterocycles. The van der Waals surface area contributed by atoms with Crippen molar-refractivity contribution < 1.29 is 4.74 Å². The highest BCUT2D eigenvalue weighted by Crippen LogP contribution is 2.22. The van der Waals surface area contributed by atoms with Gasteiger partial charge < -0.3 is 4.74 Å². The van der Waals surface area contributed by atoms with E-state index in [4.69, 9.17) is 16.3 Å². The quantitative estimate of drug-likeness (QED) is 0.617. The van der Waals surface area contributed by atoms with E-state index < -0.39 is 0 Å². The third kappa shape index (κ3) is 2.82. The van der Waals surface area contributed by atoms with Gasteiger partial charge in [0, 0.05) is 8.59 Å². The smallest absolute Gasteiger partial charge is 0.0813 e. The first-order chi connectivity index (χ1) is 6.25. The Bertz CT molecular complexity index is 310. The van der Waals surface area contributed by atoms with Crippen LogP contribution in [0.1, 0.15) is 12.0 Å². The van der Waals surface area contributed by atoms with Gasteiger partial charge in [0.2, 0.25) is 0 Å². The lowest BCUT2D eigenvalue weighted by atomic mass is 10.1. The molecule has 1 aliphatic rings.